The summed E-state index contributed by atoms with van der Waals surface area (Å²) < 4.78 is 12.0. The lowest BCUT2D eigenvalue weighted by Crippen LogP contribution is -2.49. The minimum Gasteiger partial charge on any atom is -0.462 e. The van der Waals surface area contributed by atoms with E-state index in [1.807, 2.05) is 0 Å². The maximum atomic E-state index is 13.1. The monoisotopic (exact) mass is 465 g/mol. The zero-order valence-electron chi connectivity index (χ0n) is 21.4. The van der Waals surface area contributed by atoms with Gasteiger partial charge < -0.3 is 14.8 Å². The SMILES string of the molecule is C=C1CCC[C@]2(C)C[C@H]3OC(=O)[C@H](CN[C@@H](Cc4ccccc4)[C@@H]4CCOC(C)(C)C4)[C@H]3C[C@@H]12. The van der Waals surface area contributed by atoms with Crippen LogP contribution in [0.15, 0.2) is 42.5 Å². The molecule has 4 nitrogen and oxygen atoms in total. The molecule has 2 aliphatic carbocycles. The van der Waals surface area contributed by atoms with E-state index in [1.54, 1.807) is 0 Å². The molecule has 0 bridgehead atoms. The highest BCUT2D eigenvalue weighted by Crippen LogP contribution is 2.56. The predicted molar refractivity (Wildman–Crippen MR) is 135 cm³/mol. The van der Waals surface area contributed by atoms with Gasteiger partial charge in [0.05, 0.1) is 11.5 Å². The summed E-state index contributed by atoms with van der Waals surface area (Å²) in [7, 11) is 0. The molecule has 4 fully saturated rings. The Labute approximate surface area is 205 Å². The number of benzene rings is 1. The zero-order chi connectivity index (χ0) is 23.9. The first-order valence-corrected chi connectivity index (χ1v) is 13.5. The molecule has 2 aliphatic heterocycles. The van der Waals surface area contributed by atoms with Gasteiger partial charge in [0.2, 0.25) is 0 Å². The summed E-state index contributed by atoms with van der Waals surface area (Å²) in [6, 6.07) is 11.1. The highest BCUT2D eigenvalue weighted by atomic mass is 16.6. The molecule has 0 radical (unpaired) electrons. The molecule has 2 saturated carbocycles. The Morgan fingerprint density at radius 1 is 1.18 bits per heavy atom. The molecule has 4 heteroatoms. The number of fused-ring (bicyclic) bond motifs is 2. The van der Waals surface area contributed by atoms with Crippen molar-refractivity contribution in [3.63, 3.8) is 0 Å². The largest absolute Gasteiger partial charge is 0.462 e. The van der Waals surface area contributed by atoms with Crippen LogP contribution in [0.25, 0.3) is 0 Å². The van der Waals surface area contributed by atoms with Crippen molar-refractivity contribution < 1.29 is 14.3 Å². The van der Waals surface area contributed by atoms with Crippen LogP contribution in [0.1, 0.15) is 71.3 Å². The van der Waals surface area contributed by atoms with Crippen LogP contribution in [0.2, 0.25) is 0 Å². The van der Waals surface area contributed by atoms with Gasteiger partial charge in [0.1, 0.15) is 6.10 Å². The topological polar surface area (TPSA) is 47.6 Å². The maximum absolute atomic E-state index is 13.1. The summed E-state index contributed by atoms with van der Waals surface area (Å²) in [4.78, 5) is 13.1. The van der Waals surface area contributed by atoms with Crippen LogP contribution >= 0.6 is 0 Å². The quantitative estimate of drug-likeness (QED) is 0.432. The van der Waals surface area contributed by atoms with Gasteiger partial charge in [-0.05, 0) is 88.0 Å². The van der Waals surface area contributed by atoms with E-state index in [0.29, 0.717) is 30.3 Å². The summed E-state index contributed by atoms with van der Waals surface area (Å²) in [5.74, 6) is 1.36. The molecule has 186 valence electrons. The first-order chi connectivity index (χ1) is 16.2. The van der Waals surface area contributed by atoms with E-state index >= 15 is 0 Å². The molecule has 0 amide bonds. The third-order valence-electron chi connectivity index (χ3n) is 9.52. The van der Waals surface area contributed by atoms with Crippen molar-refractivity contribution in [2.24, 2.45) is 29.1 Å². The van der Waals surface area contributed by atoms with E-state index in [4.69, 9.17) is 9.47 Å². The standard InChI is InChI=1S/C30H43NO3/c1-20-9-8-13-30(4)18-27-23(16-25(20)30)24(28(32)34-27)19-31-26(15-21-10-6-5-7-11-21)22-12-14-33-29(2,3)17-22/h5-7,10-11,22-27,31H,1,8-9,12-19H2,2-4H3/t22-,23-,24-,25+,26+,27-,30-/m1/s1. The van der Waals surface area contributed by atoms with Crippen LogP contribution < -0.4 is 5.32 Å². The van der Waals surface area contributed by atoms with E-state index in [0.717, 1.165) is 45.1 Å². The Bertz CT molecular complexity index is 896. The highest BCUT2D eigenvalue weighted by Gasteiger charge is 2.55. The van der Waals surface area contributed by atoms with Gasteiger partial charge in [0.25, 0.3) is 0 Å². The minimum atomic E-state index is -0.0912. The van der Waals surface area contributed by atoms with E-state index in [9.17, 15) is 4.79 Å². The lowest BCUT2D eigenvalue weighted by molar-refractivity contribution is -0.146. The fourth-order valence-electron chi connectivity index (χ4n) is 7.66. The third kappa shape index (κ3) is 4.86. The second kappa shape index (κ2) is 9.43. The number of hydrogen-bond acceptors (Lipinski definition) is 4. The van der Waals surface area contributed by atoms with Gasteiger partial charge in [-0.2, -0.15) is 0 Å². The smallest absolute Gasteiger partial charge is 0.310 e. The van der Waals surface area contributed by atoms with E-state index < -0.39 is 0 Å². The Morgan fingerprint density at radius 3 is 2.74 bits per heavy atom. The molecule has 1 aromatic rings. The molecule has 1 aromatic carbocycles. The van der Waals surface area contributed by atoms with Gasteiger partial charge in [-0.15, -0.1) is 0 Å². The van der Waals surface area contributed by atoms with Crippen LogP contribution in [0.4, 0.5) is 0 Å². The molecule has 4 aliphatic rings. The number of esters is 1. The van der Waals surface area contributed by atoms with Crippen molar-refractivity contribution in [3.8, 4) is 0 Å². The molecule has 2 heterocycles. The van der Waals surface area contributed by atoms with Gasteiger partial charge in [-0.1, -0.05) is 49.4 Å². The first kappa shape index (κ1) is 24.1. The van der Waals surface area contributed by atoms with E-state index in [-0.39, 0.29) is 29.0 Å². The molecule has 1 N–H and O–H groups in total. The van der Waals surface area contributed by atoms with Crippen molar-refractivity contribution >= 4 is 5.97 Å². The number of carbonyl (C=O) groups is 1. The highest BCUT2D eigenvalue weighted by molar-refractivity contribution is 5.75. The summed E-state index contributed by atoms with van der Waals surface area (Å²) in [5.41, 5.74) is 2.92. The fraction of sp³-hybridized carbons (Fsp3) is 0.700. The Kier molecular flexibility index (Phi) is 6.67. The third-order valence-corrected chi connectivity index (χ3v) is 9.52. The van der Waals surface area contributed by atoms with Crippen molar-refractivity contribution in [1.29, 1.82) is 0 Å². The average Bonchev–Trinajstić information content (AvgIpc) is 3.08. The lowest BCUT2D eigenvalue weighted by atomic mass is 9.55. The lowest BCUT2D eigenvalue weighted by Gasteiger charge is -2.50. The summed E-state index contributed by atoms with van der Waals surface area (Å²) >= 11 is 0. The van der Waals surface area contributed by atoms with Crippen molar-refractivity contribution in [1.82, 2.24) is 5.32 Å². The van der Waals surface area contributed by atoms with Gasteiger partial charge in [0, 0.05) is 25.1 Å². The van der Waals surface area contributed by atoms with Gasteiger partial charge >= 0.3 is 5.97 Å². The van der Waals surface area contributed by atoms with Crippen LogP contribution in [0, 0.1) is 29.1 Å². The molecular weight excluding hydrogens is 422 g/mol. The van der Waals surface area contributed by atoms with Crippen LogP contribution in [-0.4, -0.2) is 36.9 Å². The zero-order valence-corrected chi connectivity index (χ0v) is 21.4. The van der Waals surface area contributed by atoms with Crippen molar-refractivity contribution in [2.45, 2.75) is 89.9 Å². The second-order valence-electron chi connectivity index (χ2n) is 12.5. The van der Waals surface area contributed by atoms with E-state index in [2.05, 4.69) is 63.0 Å². The Morgan fingerprint density at radius 2 is 1.97 bits per heavy atom. The number of carbonyl (C=O) groups excluding carboxylic acids is 1. The molecule has 34 heavy (non-hydrogen) atoms. The van der Waals surface area contributed by atoms with Gasteiger partial charge in [0.15, 0.2) is 0 Å². The minimum absolute atomic E-state index is 0.0149. The average molecular weight is 466 g/mol. The number of hydrogen-bond donors (Lipinski definition) is 1. The Hall–Kier alpha value is -1.65. The molecule has 0 unspecified atom stereocenters. The number of rotatable bonds is 6. The summed E-state index contributed by atoms with van der Waals surface area (Å²) in [5, 5.41) is 3.90. The van der Waals surface area contributed by atoms with Crippen LogP contribution in [-0.2, 0) is 20.7 Å². The van der Waals surface area contributed by atoms with Crippen molar-refractivity contribution in [2.75, 3.05) is 13.2 Å². The molecule has 5 rings (SSSR count). The number of allylic oxidation sites excluding steroid dienone is 1. The molecule has 0 aromatic heterocycles. The number of nitrogens with one attached hydrogen (secondary N) is 1. The fourth-order valence-corrected chi connectivity index (χ4v) is 7.66. The molecule has 7 atom stereocenters. The molecule has 2 saturated heterocycles. The van der Waals surface area contributed by atoms with Crippen LogP contribution in [0.3, 0.4) is 0 Å². The summed E-state index contributed by atoms with van der Waals surface area (Å²) in [6.45, 7) is 12.8. The first-order valence-electron chi connectivity index (χ1n) is 13.5. The van der Waals surface area contributed by atoms with Crippen LogP contribution in [0.5, 0.6) is 0 Å². The molecule has 0 spiro atoms. The summed E-state index contributed by atoms with van der Waals surface area (Å²) in [6.07, 6.45) is 8.85. The second-order valence-corrected chi connectivity index (χ2v) is 12.5. The normalized spacial score (nSPS) is 38.0. The maximum Gasteiger partial charge on any atom is 0.310 e. The Balaban J connectivity index is 1.30. The van der Waals surface area contributed by atoms with Gasteiger partial charge in [-0.3, -0.25) is 4.79 Å². The predicted octanol–water partition coefficient (Wildman–Crippen LogP) is 5.71. The van der Waals surface area contributed by atoms with E-state index in [1.165, 1.54) is 24.0 Å². The molecular formula is C30H43NO3. The van der Waals surface area contributed by atoms with Gasteiger partial charge in [-0.25, -0.2) is 0 Å². The van der Waals surface area contributed by atoms with Crippen molar-refractivity contribution in [3.05, 3.63) is 48.0 Å². The number of ether oxygens (including phenoxy) is 2.